The molecule has 1 fully saturated rings. The van der Waals surface area contributed by atoms with Crippen molar-refractivity contribution in [1.29, 1.82) is 0 Å². The summed E-state index contributed by atoms with van der Waals surface area (Å²) in [6, 6.07) is 2.93. The molecule has 1 aliphatic rings. The zero-order valence-corrected chi connectivity index (χ0v) is 7.31. The van der Waals surface area contributed by atoms with Gasteiger partial charge in [0.1, 0.15) is 0 Å². The molecule has 0 saturated carbocycles. The first-order valence-corrected chi connectivity index (χ1v) is 4.06. The number of aromatic nitrogens is 1. The molecular weight excluding hydrogens is 136 g/mol. The van der Waals surface area contributed by atoms with E-state index in [0.29, 0.717) is 6.04 Å². The second-order valence-corrected chi connectivity index (χ2v) is 3.35. The lowest BCUT2D eigenvalue weighted by atomic mass is 10.2. The fourth-order valence-electron chi connectivity index (χ4n) is 1.52. The van der Waals surface area contributed by atoms with Gasteiger partial charge in [-0.2, -0.15) is 0 Å². The maximum Gasteiger partial charge on any atom is 0.0465 e. The summed E-state index contributed by atoms with van der Waals surface area (Å²) in [6.07, 6.45) is 0. The van der Waals surface area contributed by atoms with E-state index in [1.807, 2.05) is 0 Å². The molecule has 0 amide bonds. The summed E-state index contributed by atoms with van der Waals surface area (Å²) in [5.74, 6) is 0. The van der Waals surface area contributed by atoms with Crippen molar-refractivity contribution >= 4 is 0 Å². The van der Waals surface area contributed by atoms with Crippen molar-refractivity contribution in [2.75, 3.05) is 6.54 Å². The fraction of sp³-hybridized carbons (Fsp3) is 0.556. The third kappa shape index (κ3) is 0.979. The molecule has 1 aromatic heterocycles. The van der Waals surface area contributed by atoms with Gasteiger partial charge in [-0.25, -0.2) is 0 Å². The fourth-order valence-corrected chi connectivity index (χ4v) is 1.52. The van der Waals surface area contributed by atoms with Crippen LogP contribution in [0.2, 0.25) is 0 Å². The summed E-state index contributed by atoms with van der Waals surface area (Å²) in [5, 5.41) is 3.32. The third-order valence-electron chi connectivity index (χ3n) is 2.60. The van der Waals surface area contributed by atoms with Crippen LogP contribution in [0, 0.1) is 13.8 Å². The number of hydrogen-bond donors (Lipinski definition) is 1. The molecule has 0 radical (unpaired) electrons. The quantitative estimate of drug-likeness (QED) is 0.600. The van der Waals surface area contributed by atoms with E-state index in [0.717, 1.165) is 6.54 Å². The highest BCUT2D eigenvalue weighted by Crippen LogP contribution is 2.26. The summed E-state index contributed by atoms with van der Waals surface area (Å²) in [4.78, 5) is 0. The van der Waals surface area contributed by atoms with Gasteiger partial charge in [-0.3, -0.25) is 0 Å². The number of rotatable bonds is 1. The molecule has 2 nitrogen and oxygen atoms in total. The predicted octanol–water partition coefficient (Wildman–Crippen LogP) is 1.29. The minimum Gasteiger partial charge on any atom is -0.352 e. The molecule has 0 aliphatic carbocycles. The van der Waals surface area contributed by atoms with Gasteiger partial charge in [0, 0.05) is 31.0 Å². The Labute approximate surface area is 67.2 Å². The highest BCUT2D eigenvalue weighted by Gasteiger charge is 2.25. The molecule has 0 bridgehead atoms. The van der Waals surface area contributed by atoms with Gasteiger partial charge < -0.3 is 9.88 Å². The van der Waals surface area contributed by atoms with E-state index in [1.54, 1.807) is 0 Å². The SMILES string of the molecule is Cc1cc([C@H]2CN2)c(C)n1C. The highest BCUT2D eigenvalue weighted by atomic mass is 15.1. The molecular formula is C9H14N2. The maximum atomic E-state index is 3.32. The third-order valence-corrected chi connectivity index (χ3v) is 2.60. The van der Waals surface area contributed by atoms with E-state index in [2.05, 4.69) is 36.8 Å². The molecule has 0 spiro atoms. The lowest BCUT2D eigenvalue weighted by molar-refractivity contribution is 0.834. The first-order chi connectivity index (χ1) is 5.20. The number of nitrogens with zero attached hydrogens (tertiary/aromatic N) is 1. The Bertz CT molecular complexity index is 282. The average molecular weight is 150 g/mol. The normalized spacial score (nSPS) is 22.3. The van der Waals surface area contributed by atoms with Crippen molar-refractivity contribution in [2.24, 2.45) is 7.05 Å². The summed E-state index contributed by atoms with van der Waals surface area (Å²) in [7, 11) is 2.12. The van der Waals surface area contributed by atoms with E-state index in [4.69, 9.17) is 0 Å². The Kier molecular flexibility index (Phi) is 1.33. The molecule has 2 heteroatoms. The van der Waals surface area contributed by atoms with Crippen LogP contribution < -0.4 is 5.32 Å². The van der Waals surface area contributed by atoms with Crippen LogP contribution >= 0.6 is 0 Å². The first-order valence-electron chi connectivity index (χ1n) is 4.06. The van der Waals surface area contributed by atoms with Crippen molar-refractivity contribution in [3.05, 3.63) is 23.0 Å². The van der Waals surface area contributed by atoms with Gasteiger partial charge in [0.2, 0.25) is 0 Å². The van der Waals surface area contributed by atoms with Crippen LogP contribution in [0.4, 0.5) is 0 Å². The second kappa shape index (κ2) is 2.11. The van der Waals surface area contributed by atoms with Crippen LogP contribution in [0.3, 0.4) is 0 Å². The number of hydrogen-bond acceptors (Lipinski definition) is 1. The molecule has 11 heavy (non-hydrogen) atoms. The monoisotopic (exact) mass is 150 g/mol. The van der Waals surface area contributed by atoms with E-state index in [-0.39, 0.29) is 0 Å². The molecule has 60 valence electrons. The van der Waals surface area contributed by atoms with Crippen LogP contribution in [-0.2, 0) is 7.05 Å². The van der Waals surface area contributed by atoms with Crippen molar-refractivity contribution in [3.63, 3.8) is 0 Å². The summed E-state index contributed by atoms with van der Waals surface area (Å²) >= 11 is 0. The zero-order chi connectivity index (χ0) is 8.01. The standard InChI is InChI=1S/C9H14N2/c1-6-4-8(9-5-10-9)7(2)11(6)3/h4,9-10H,5H2,1-3H3/t9-/m1/s1. The molecule has 1 atom stereocenters. The summed E-state index contributed by atoms with van der Waals surface area (Å²) in [5.41, 5.74) is 4.23. The Morgan fingerprint density at radius 1 is 1.55 bits per heavy atom. The summed E-state index contributed by atoms with van der Waals surface area (Å²) in [6.45, 7) is 5.49. The van der Waals surface area contributed by atoms with Crippen molar-refractivity contribution in [1.82, 2.24) is 9.88 Å². The van der Waals surface area contributed by atoms with Gasteiger partial charge in [-0.1, -0.05) is 0 Å². The number of aryl methyl sites for hydroxylation is 1. The van der Waals surface area contributed by atoms with Crippen LogP contribution in [-0.4, -0.2) is 11.1 Å². The van der Waals surface area contributed by atoms with E-state index in [9.17, 15) is 0 Å². The van der Waals surface area contributed by atoms with Crippen molar-refractivity contribution in [2.45, 2.75) is 19.9 Å². The predicted molar refractivity (Wildman–Crippen MR) is 45.6 cm³/mol. The minimum atomic E-state index is 0.648. The lowest BCUT2D eigenvalue weighted by Gasteiger charge is -1.99. The molecule has 1 aromatic rings. The van der Waals surface area contributed by atoms with Crippen LogP contribution in [0.1, 0.15) is 23.0 Å². The van der Waals surface area contributed by atoms with Gasteiger partial charge in [0.25, 0.3) is 0 Å². The first kappa shape index (κ1) is 6.92. The molecule has 1 saturated heterocycles. The maximum absolute atomic E-state index is 3.32. The number of nitrogens with one attached hydrogen (secondary N) is 1. The van der Waals surface area contributed by atoms with Crippen LogP contribution in [0.25, 0.3) is 0 Å². The average Bonchev–Trinajstić information content (AvgIpc) is 2.76. The van der Waals surface area contributed by atoms with Gasteiger partial charge in [0.05, 0.1) is 0 Å². The molecule has 0 unspecified atom stereocenters. The highest BCUT2D eigenvalue weighted by molar-refractivity contribution is 5.32. The Morgan fingerprint density at radius 3 is 2.55 bits per heavy atom. The molecule has 2 rings (SSSR count). The lowest BCUT2D eigenvalue weighted by Crippen LogP contribution is -1.94. The minimum absolute atomic E-state index is 0.648. The van der Waals surface area contributed by atoms with E-state index >= 15 is 0 Å². The molecule has 2 heterocycles. The van der Waals surface area contributed by atoms with Gasteiger partial charge >= 0.3 is 0 Å². The Hall–Kier alpha value is -0.760. The smallest absolute Gasteiger partial charge is 0.0465 e. The molecule has 0 aromatic carbocycles. The molecule has 1 N–H and O–H groups in total. The molecule has 1 aliphatic heterocycles. The van der Waals surface area contributed by atoms with Crippen LogP contribution in [0.5, 0.6) is 0 Å². The zero-order valence-electron chi connectivity index (χ0n) is 7.31. The Morgan fingerprint density at radius 2 is 2.18 bits per heavy atom. The van der Waals surface area contributed by atoms with Crippen molar-refractivity contribution < 1.29 is 0 Å². The van der Waals surface area contributed by atoms with Gasteiger partial charge in [-0.15, -0.1) is 0 Å². The van der Waals surface area contributed by atoms with E-state index in [1.165, 1.54) is 17.0 Å². The van der Waals surface area contributed by atoms with Gasteiger partial charge in [-0.05, 0) is 25.5 Å². The van der Waals surface area contributed by atoms with E-state index < -0.39 is 0 Å². The van der Waals surface area contributed by atoms with Gasteiger partial charge in [0.15, 0.2) is 0 Å². The second-order valence-electron chi connectivity index (χ2n) is 3.35. The Balaban J connectivity index is 2.46. The summed E-state index contributed by atoms with van der Waals surface area (Å²) < 4.78 is 2.25. The van der Waals surface area contributed by atoms with Crippen LogP contribution in [0.15, 0.2) is 6.07 Å². The van der Waals surface area contributed by atoms with Crippen molar-refractivity contribution in [3.8, 4) is 0 Å². The topological polar surface area (TPSA) is 26.9 Å². The largest absolute Gasteiger partial charge is 0.352 e.